The molecule has 1 aliphatic carbocycles. The van der Waals surface area contributed by atoms with Crippen molar-refractivity contribution in [1.82, 2.24) is 9.29 Å². The van der Waals surface area contributed by atoms with Gasteiger partial charge in [-0.1, -0.05) is 6.07 Å². The van der Waals surface area contributed by atoms with Crippen LogP contribution in [0.25, 0.3) is 0 Å². The summed E-state index contributed by atoms with van der Waals surface area (Å²) in [6, 6.07) is 3.59. The third kappa shape index (κ3) is 2.35. The van der Waals surface area contributed by atoms with Gasteiger partial charge in [-0.05, 0) is 24.3 Å². The first kappa shape index (κ1) is 12.3. The topological polar surface area (TPSA) is 50.3 Å². The molecule has 0 aromatic carbocycles. The molecule has 1 fully saturated rings. The molecule has 2 heterocycles. The Hall–Kier alpha value is -0.760. The van der Waals surface area contributed by atoms with Crippen LogP contribution >= 0.6 is 22.7 Å². The molecule has 0 aliphatic heterocycles. The number of rotatable bonds is 5. The maximum absolute atomic E-state index is 12.5. The van der Waals surface area contributed by atoms with Crippen molar-refractivity contribution in [2.24, 2.45) is 0 Å². The first-order chi connectivity index (χ1) is 8.68. The standard InChI is InChI=1S/C11H12N2O2S3/c14-18(15,11-2-1-6-17-11)13(9-3-4-9)8-10-12-5-7-16-10/h1-2,5-7,9H,3-4,8H2. The van der Waals surface area contributed by atoms with Crippen LogP contribution in [-0.4, -0.2) is 23.7 Å². The molecule has 96 valence electrons. The minimum absolute atomic E-state index is 0.154. The summed E-state index contributed by atoms with van der Waals surface area (Å²) < 4.78 is 27.0. The second-order valence-electron chi connectivity index (χ2n) is 4.14. The average molecular weight is 300 g/mol. The van der Waals surface area contributed by atoms with E-state index in [1.54, 1.807) is 28.0 Å². The van der Waals surface area contributed by atoms with Crippen LogP contribution in [0.4, 0.5) is 0 Å². The summed E-state index contributed by atoms with van der Waals surface area (Å²) in [6.45, 7) is 0.391. The number of hydrogen-bond donors (Lipinski definition) is 0. The van der Waals surface area contributed by atoms with E-state index >= 15 is 0 Å². The fourth-order valence-electron chi connectivity index (χ4n) is 1.76. The lowest BCUT2D eigenvalue weighted by Gasteiger charge is -2.19. The zero-order chi connectivity index (χ0) is 12.6. The van der Waals surface area contributed by atoms with Gasteiger partial charge in [0.2, 0.25) is 0 Å². The van der Waals surface area contributed by atoms with E-state index in [4.69, 9.17) is 0 Å². The fourth-order valence-corrected chi connectivity index (χ4v) is 5.22. The number of aromatic nitrogens is 1. The molecular weight excluding hydrogens is 288 g/mol. The molecule has 7 heteroatoms. The third-order valence-electron chi connectivity index (χ3n) is 2.79. The molecular formula is C11H12N2O2S3. The molecule has 0 amide bonds. The van der Waals surface area contributed by atoms with E-state index in [-0.39, 0.29) is 6.04 Å². The molecule has 0 N–H and O–H groups in total. The maximum Gasteiger partial charge on any atom is 0.253 e. The predicted octanol–water partition coefficient (Wildman–Crippen LogP) is 2.56. The van der Waals surface area contributed by atoms with Crippen molar-refractivity contribution in [2.45, 2.75) is 29.6 Å². The van der Waals surface area contributed by atoms with E-state index in [2.05, 4.69) is 4.98 Å². The molecule has 0 spiro atoms. The van der Waals surface area contributed by atoms with Gasteiger partial charge in [0.1, 0.15) is 9.22 Å². The summed E-state index contributed by atoms with van der Waals surface area (Å²) in [7, 11) is -3.35. The smallest absolute Gasteiger partial charge is 0.248 e. The van der Waals surface area contributed by atoms with Gasteiger partial charge in [-0.3, -0.25) is 0 Å². The Kier molecular flexibility index (Phi) is 3.23. The third-order valence-corrected chi connectivity index (χ3v) is 6.82. The normalized spacial score (nSPS) is 16.3. The van der Waals surface area contributed by atoms with Crippen LogP contribution in [0.2, 0.25) is 0 Å². The van der Waals surface area contributed by atoms with Crippen LogP contribution in [-0.2, 0) is 16.6 Å². The zero-order valence-corrected chi connectivity index (χ0v) is 12.0. The Morgan fingerprint density at radius 1 is 1.33 bits per heavy atom. The molecule has 3 rings (SSSR count). The minimum Gasteiger partial charge on any atom is -0.248 e. The van der Waals surface area contributed by atoms with Crippen molar-refractivity contribution in [3.05, 3.63) is 34.1 Å². The first-order valence-electron chi connectivity index (χ1n) is 5.61. The highest BCUT2D eigenvalue weighted by molar-refractivity contribution is 7.91. The number of thiophene rings is 1. The largest absolute Gasteiger partial charge is 0.253 e. The van der Waals surface area contributed by atoms with Crippen LogP contribution < -0.4 is 0 Å². The summed E-state index contributed by atoms with van der Waals surface area (Å²) in [5, 5.41) is 4.52. The highest BCUT2D eigenvalue weighted by Gasteiger charge is 2.38. The summed E-state index contributed by atoms with van der Waals surface area (Å²) in [6.07, 6.45) is 3.62. The van der Waals surface area contributed by atoms with E-state index in [1.807, 2.05) is 5.38 Å². The van der Waals surface area contributed by atoms with E-state index in [9.17, 15) is 8.42 Å². The lowest BCUT2D eigenvalue weighted by molar-refractivity contribution is 0.399. The zero-order valence-electron chi connectivity index (χ0n) is 9.52. The lowest BCUT2D eigenvalue weighted by Crippen LogP contribution is -2.32. The quantitative estimate of drug-likeness (QED) is 0.852. The van der Waals surface area contributed by atoms with Gasteiger partial charge in [-0.25, -0.2) is 13.4 Å². The van der Waals surface area contributed by atoms with Crippen molar-refractivity contribution in [3.8, 4) is 0 Å². The van der Waals surface area contributed by atoms with Crippen molar-refractivity contribution >= 4 is 32.7 Å². The van der Waals surface area contributed by atoms with Gasteiger partial charge in [-0.15, -0.1) is 22.7 Å². The Morgan fingerprint density at radius 3 is 2.72 bits per heavy atom. The number of thiazole rings is 1. The maximum atomic E-state index is 12.5. The first-order valence-corrected chi connectivity index (χ1v) is 8.81. The van der Waals surface area contributed by atoms with Crippen molar-refractivity contribution < 1.29 is 8.42 Å². The van der Waals surface area contributed by atoms with Gasteiger partial charge >= 0.3 is 0 Å². The molecule has 0 unspecified atom stereocenters. The van der Waals surface area contributed by atoms with Gasteiger partial charge in [0.15, 0.2) is 0 Å². The van der Waals surface area contributed by atoms with Gasteiger partial charge in [-0.2, -0.15) is 4.31 Å². The summed E-state index contributed by atoms with van der Waals surface area (Å²) in [5.41, 5.74) is 0. The Bertz CT molecular complexity index is 601. The SMILES string of the molecule is O=S(=O)(c1cccs1)N(Cc1nccs1)C1CC1. The molecule has 1 aliphatic rings. The lowest BCUT2D eigenvalue weighted by atomic mass is 10.6. The molecule has 0 radical (unpaired) electrons. The second-order valence-corrected chi connectivity index (χ2v) is 8.18. The second kappa shape index (κ2) is 4.73. The summed E-state index contributed by atoms with van der Waals surface area (Å²) in [5.74, 6) is 0. The molecule has 1 saturated carbocycles. The predicted molar refractivity (Wildman–Crippen MR) is 72.2 cm³/mol. The number of nitrogens with zero attached hydrogens (tertiary/aromatic N) is 2. The van der Waals surface area contributed by atoms with Gasteiger partial charge in [0.25, 0.3) is 10.0 Å². The van der Waals surface area contributed by atoms with Crippen LogP contribution in [0, 0.1) is 0 Å². The number of sulfonamides is 1. The minimum atomic E-state index is -3.35. The van der Waals surface area contributed by atoms with E-state index in [1.165, 1.54) is 22.7 Å². The van der Waals surface area contributed by atoms with Gasteiger partial charge in [0.05, 0.1) is 6.54 Å². The Balaban J connectivity index is 1.90. The summed E-state index contributed by atoms with van der Waals surface area (Å²) >= 11 is 2.77. The molecule has 2 aromatic heterocycles. The van der Waals surface area contributed by atoms with Crippen LogP contribution in [0.3, 0.4) is 0 Å². The van der Waals surface area contributed by atoms with E-state index < -0.39 is 10.0 Å². The van der Waals surface area contributed by atoms with Crippen LogP contribution in [0.5, 0.6) is 0 Å². The van der Waals surface area contributed by atoms with Crippen molar-refractivity contribution in [3.63, 3.8) is 0 Å². The average Bonchev–Trinajstić information content (AvgIpc) is 2.87. The molecule has 18 heavy (non-hydrogen) atoms. The molecule has 0 bridgehead atoms. The molecule has 4 nitrogen and oxygen atoms in total. The Labute approximate surface area is 114 Å². The van der Waals surface area contributed by atoms with Crippen molar-refractivity contribution in [1.29, 1.82) is 0 Å². The number of hydrogen-bond acceptors (Lipinski definition) is 5. The van der Waals surface area contributed by atoms with Crippen LogP contribution in [0.15, 0.2) is 33.3 Å². The molecule has 0 atom stereocenters. The van der Waals surface area contributed by atoms with E-state index in [0.717, 1.165) is 17.8 Å². The van der Waals surface area contributed by atoms with Crippen LogP contribution in [0.1, 0.15) is 17.8 Å². The van der Waals surface area contributed by atoms with E-state index in [0.29, 0.717) is 10.8 Å². The molecule has 0 saturated heterocycles. The monoisotopic (exact) mass is 300 g/mol. The van der Waals surface area contributed by atoms with Gasteiger partial charge < -0.3 is 0 Å². The summed E-state index contributed by atoms with van der Waals surface area (Å²) in [4.78, 5) is 4.18. The van der Waals surface area contributed by atoms with Gasteiger partial charge in [0, 0.05) is 17.6 Å². The Morgan fingerprint density at radius 2 is 2.17 bits per heavy atom. The molecule has 2 aromatic rings. The highest BCUT2D eigenvalue weighted by Crippen LogP contribution is 2.34. The van der Waals surface area contributed by atoms with Crippen molar-refractivity contribution in [2.75, 3.05) is 0 Å². The fraction of sp³-hybridized carbons (Fsp3) is 0.364. The highest BCUT2D eigenvalue weighted by atomic mass is 32.2.